The van der Waals surface area contributed by atoms with E-state index < -0.39 is 20.8 Å². The largest absolute Gasteiger partial charge is 0.508 e. The first-order valence-electron chi connectivity index (χ1n) is 18.3. The van der Waals surface area contributed by atoms with E-state index in [1.54, 1.807) is 0 Å². The van der Waals surface area contributed by atoms with Crippen molar-refractivity contribution in [3.05, 3.63) is 75.3 Å². The molecule has 5 N–H and O–H groups in total. The van der Waals surface area contributed by atoms with Crippen LogP contribution in [0.4, 0.5) is 0 Å². The van der Waals surface area contributed by atoms with Crippen LogP contribution in [0.2, 0.25) is 0 Å². The van der Waals surface area contributed by atoms with Gasteiger partial charge in [0.05, 0.1) is 0 Å². The number of aryl methyl sites for hydroxylation is 4. The Hall–Kier alpha value is -3.23. The van der Waals surface area contributed by atoms with E-state index in [0.717, 1.165) is 58.7 Å². The number of benzene rings is 3. The van der Waals surface area contributed by atoms with Gasteiger partial charge in [-0.2, -0.15) is 8.42 Å². The third-order valence-electron chi connectivity index (χ3n) is 9.34. The maximum absolute atomic E-state index is 11.2. The molecule has 0 bridgehead atoms. The van der Waals surface area contributed by atoms with Gasteiger partial charge in [-0.05, 0) is 68.4 Å². The summed E-state index contributed by atoms with van der Waals surface area (Å²) in [7, 11) is -4.55. The summed E-state index contributed by atoms with van der Waals surface area (Å²) in [6.07, 6.45) is 19.7. The van der Waals surface area contributed by atoms with Crippen LogP contribution in [0.15, 0.2) is 41.3 Å². The second kappa shape index (κ2) is 21.1. The highest BCUT2D eigenvalue weighted by Crippen LogP contribution is 2.37. The molecule has 3 rings (SSSR count). The lowest BCUT2D eigenvalue weighted by atomic mass is 9.93. The van der Waals surface area contributed by atoms with Crippen molar-refractivity contribution in [1.82, 2.24) is 0 Å². The van der Waals surface area contributed by atoms with Crippen LogP contribution in [0.1, 0.15) is 155 Å². The van der Waals surface area contributed by atoms with Gasteiger partial charge in [-0.15, -0.1) is 0 Å². The van der Waals surface area contributed by atoms with Crippen LogP contribution in [0.25, 0.3) is 0 Å². The zero-order chi connectivity index (χ0) is 36.6. The normalized spacial score (nSPS) is 12.1. The Kier molecular flexibility index (Phi) is 18.1. The molecule has 49 heavy (non-hydrogen) atoms. The summed E-state index contributed by atoms with van der Waals surface area (Å²) < 4.78 is 31.5. The smallest absolute Gasteiger partial charge is 0.298 e. The molecular weight excluding hydrogens is 637 g/mol. The predicted octanol–water partition coefficient (Wildman–Crippen LogP) is 11.2. The van der Waals surface area contributed by atoms with Crippen LogP contribution in [-0.4, -0.2) is 33.4 Å². The van der Waals surface area contributed by atoms with Crippen LogP contribution in [0, 0.1) is 27.7 Å². The summed E-state index contributed by atoms with van der Waals surface area (Å²) >= 11 is 0. The second-order valence-corrected chi connectivity index (χ2v) is 15.4. The van der Waals surface area contributed by atoms with Gasteiger partial charge in [0.25, 0.3) is 10.1 Å². The third kappa shape index (κ3) is 14.6. The number of phenolic OH excluding ortho intramolecular Hbond substituents is 4. The van der Waals surface area contributed by atoms with E-state index in [0.29, 0.717) is 23.5 Å². The quantitative estimate of drug-likeness (QED) is 0.0477. The highest BCUT2D eigenvalue weighted by atomic mass is 32.2. The van der Waals surface area contributed by atoms with Crippen LogP contribution in [-0.2, 0) is 16.5 Å². The molecule has 0 aromatic heterocycles. The van der Waals surface area contributed by atoms with E-state index in [9.17, 15) is 28.8 Å². The fourth-order valence-electron chi connectivity index (χ4n) is 6.55. The maximum atomic E-state index is 11.2. The summed E-state index contributed by atoms with van der Waals surface area (Å²) in [5, 5.41) is 40.2. The molecule has 0 saturated carbocycles. The highest BCUT2D eigenvalue weighted by Gasteiger charge is 2.21. The van der Waals surface area contributed by atoms with E-state index >= 15 is 0 Å². The van der Waals surface area contributed by atoms with Crippen molar-refractivity contribution in [3.8, 4) is 23.0 Å². The highest BCUT2D eigenvalue weighted by molar-refractivity contribution is 7.86. The fraction of sp³-hybridized carbons (Fsp3) is 0.561. The zero-order valence-corrected chi connectivity index (χ0v) is 31.6. The number of hydrogen-bond donors (Lipinski definition) is 5. The molecule has 0 radical (unpaired) electrons. The Morgan fingerprint density at radius 2 is 0.980 bits per heavy atom. The predicted molar refractivity (Wildman–Crippen MR) is 201 cm³/mol. The first-order valence-corrected chi connectivity index (χ1v) is 19.7. The standard InChI is InChI=1S/C24H42O5S.C17H20O2/c1-3-4-5-6-7-8-9-10-11-12-13-14-15-16-17-20(2)21-18-23(26)24(19-22(21)25)30(27,28)29;1-10-5-12(3)16(18)14(7-10)9-15-8-11(2)6-13(4)17(15)19/h18-20,25-26H,3-17H2,1-2H3,(H,27,28,29);5-8,18-19H,9H2,1-4H3. The molecule has 0 aliphatic heterocycles. The van der Waals surface area contributed by atoms with Gasteiger partial charge >= 0.3 is 0 Å². The molecule has 3 aromatic rings. The minimum absolute atomic E-state index is 0.00340. The molecule has 1 unspecified atom stereocenters. The van der Waals surface area contributed by atoms with Gasteiger partial charge in [0.1, 0.15) is 27.9 Å². The Bertz CT molecular complexity index is 1510. The fourth-order valence-corrected chi connectivity index (χ4v) is 7.13. The number of rotatable bonds is 19. The molecule has 1 atom stereocenters. The molecule has 0 amide bonds. The van der Waals surface area contributed by atoms with Crippen molar-refractivity contribution in [1.29, 1.82) is 0 Å². The molecule has 0 fully saturated rings. The summed E-state index contributed by atoms with van der Waals surface area (Å²) in [4.78, 5) is -0.660. The number of phenols is 4. The van der Waals surface area contributed by atoms with E-state index in [1.165, 1.54) is 83.1 Å². The molecule has 0 saturated heterocycles. The van der Waals surface area contributed by atoms with Crippen molar-refractivity contribution >= 4 is 10.1 Å². The van der Waals surface area contributed by atoms with Crippen molar-refractivity contribution in [2.45, 2.75) is 155 Å². The summed E-state index contributed by atoms with van der Waals surface area (Å²) in [6.45, 7) is 12.0. The molecular formula is C41H62O7S. The van der Waals surface area contributed by atoms with Crippen LogP contribution >= 0.6 is 0 Å². The maximum Gasteiger partial charge on any atom is 0.298 e. The van der Waals surface area contributed by atoms with Gasteiger partial charge in [-0.25, -0.2) is 0 Å². The molecule has 0 aliphatic rings. The van der Waals surface area contributed by atoms with Crippen molar-refractivity contribution in [3.63, 3.8) is 0 Å². The Labute approximate surface area is 296 Å². The third-order valence-corrected chi connectivity index (χ3v) is 10.2. The number of hydrogen-bond acceptors (Lipinski definition) is 6. The van der Waals surface area contributed by atoms with Crippen LogP contribution < -0.4 is 0 Å². The van der Waals surface area contributed by atoms with Crippen LogP contribution in [0.5, 0.6) is 23.0 Å². The monoisotopic (exact) mass is 698 g/mol. The Morgan fingerprint density at radius 3 is 1.39 bits per heavy atom. The molecule has 0 aliphatic carbocycles. The van der Waals surface area contributed by atoms with Gasteiger partial charge in [0.2, 0.25) is 0 Å². The van der Waals surface area contributed by atoms with Crippen molar-refractivity contribution < 1.29 is 33.4 Å². The first kappa shape index (κ1) is 41.9. The molecule has 274 valence electrons. The van der Waals surface area contributed by atoms with Gasteiger partial charge in [-0.3, -0.25) is 4.55 Å². The van der Waals surface area contributed by atoms with Crippen LogP contribution in [0.3, 0.4) is 0 Å². The second-order valence-electron chi connectivity index (χ2n) is 14.0. The molecule has 8 heteroatoms. The molecule has 0 heterocycles. The Balaban J connectivity index is 0.000000374. The van der Waals surface area contributed by atoms with Gasteiger partial charge in [0.15, 0.2) is 0 Å². The lowest BCUT2D eigenvalue weighted by Crippen LogP contribution is -2.01. The summed E-state index contributed by atoms with van der Waals surface area (Å²) in [5.41, 5.74) is 6.21. The van der Waals surface area contributed by atoms with Gasteiger partial charge < -0.3 is 20.4 Å². The average molecular weight is 699 g/mol. The van der Waals surface area contributed by atoms with E-state index in [4.69, 9.17) is 4.55 Å². The summed E-state index contributed by atoms with van der Waals surface area (Å²) in [5.74, 6) is -0.0895. The topological polar surface area (TPSA) is 135 Å². The van der Waals surface area contributed by atoms with Crippen molar-refractivity contribution in [2.24, 2.45) is 0 Å². The minimum atomic E-state index is -4.55. The molecule has 0 spiro atoms. The molecule has 3 aromatic carbocycles. The average Bonchev–Trinajstić information content (AvgIpc) is 3.02. The lowest BCUT2D eigenvalue weighted by Gasteiger charge is -2.15. The van der Waals surface area contributed by atoms with E-state index in [2.05, 4.69) is 6.92 Å². The zero-order valence-electron chi connectivity index (χ0n) is 30.8. The lowest BCUT2D eigenvalue weighted by molar-refractivity contribution is 0.424. The number of unbranched alkanes of at least 4 members (excludes halogenated alkanes) is 13. The van der Waals surface area contributed by atoms with E-state index in [-0.39, 0.29) is 11.7 Å². The van der Waals surface area contributed by atoms with Gasteiger partial charge in [-0.1, -0.05) is 139 Å². The van der Waals surface area contributed by atoms with E-state index in [1.807, 2.05) is 58.9 Å². The van der Waals surface area contributed by atoms with Crippen molar-refractivity contribution in [2.75, 3.05) is 0 Å². The van der Waals surface area contributed by atoms with Gasteiger partial charge in [0, 0.05) is 18.1 Å². The number of aromatic hydroxyl groups is 4. The Morgan fingerprint density at radius 1 is 0.571 bits per heavy atom. The summed E-state index contributed by atoms with van der Waals surface area (Å²) in [6, 6.07) is 10.0. The molecule has 7 nitrogen and oxygen atoms in total. The SMILES string of the molecule is CCCCCCCCCCCCCCCCC(C)c1cc(O)c(S(=O)(=O)O)cc1O.Cc1cc(C)c(O)c(Cc2cc(C)cc(C)c2O)c1. The minimum Gasteiger partial charge on any atom is -0.508 e. The first-order chi connectivity index (χ1) is 23.1.